The number of nitrogen functional groups attached to an aromatic ring is 1. The van der Waals surface area contributed by atoms with E-state index in [-0.39, 0.29) is 23.9 Å². The van der Waals surface area contributed by atoms with E-state index >= 15 is 0 Å². The molecule has 1 atom stereocenters. The molecule has 0 aromatic heterocycles. The normalized spacial score (nSPS) is 11.9. The van der Waals surface area contributed by atoms with E-state index in [9.17, 15) is 19.3 Å². The highest BCUT2D eigenvalue weighted by Crippen LogP contribution is 2.26. The van der Waals surface area contributed by atoms with Gasteiger partial charge in [0.05, 0.1) is 16.6 Å². The van der Waals surface area contributed by atoms with E-state index < -0.39 is 22.3 Å². The van der Waals surface area contributed by atoms with Crippen molar-refractivity contribution in [3.05, 3.63) is 33.6 Å². The van der Waals surface area contributed by atoms with E-state index in [0.29, 0.717) is 18.9 Å². The predicted molar refractivity (Wildman–Crippen MR) is 70.7 cm³/mol. The number of aliphatic hydroxyl groups is 1. The molecular weight excluding hydrogens is 269 g/mol. The highest BCUT2D eigenvalue weighted by Gasteiger charge is 2.22. The largest absolute Gasteiger partial charge is 0.396 e. The van der Waals surface area contributed by atoms with Crippen LogP contribution in [-0.2, 0) is 0 Å². The van der Waals surface area contributed by atoms with Gasteiger partial charge in [0.15, 0.2) is 0 Å². The number of hydrogen-bond donors (Lipinski definition) is 3. The molecule has 0 fully saturated rings. The lowest BCUT2D eigenvalue weighted by atomic mass is 10.1. The monoisotopic (exact) mass is 285 g/mol. The minimum atomic E-state index is -0.911. The van der Waals surface area contributed by atoms with Crippen LogP contribution in [0.3, 0.4) is 0 Å². The van der Waals surface area contributed by atoms with Crippen LogP contribution < -0.4 is 11.1 Å². The minimum absolute atomic E-state index is 0.114. The smallest absolute Gasteiger partial charge is 0.295 e. The molecule has 8 heteroatoms. The number of nitrogens with two attached hydrogens (primary N) is 1. The zero-order valence-electron chi connectivity index (χ0n) is 10.9. The zero-order chi connectivity index (χ0) is 15.3. The number of halogens is 1. The molecule has 0 heterocycles. The average Bonchev–Trinajstić information content (AvgIpc) is 2.39. The van der Waals surface area contributed by atoms with Crippen LogP contribution in [0.2, 0.25) is 0 Å². The lowest BCUT2D eigenvalue weighted by molar-refractivity contribution is -0.384. The van der Waals surface area contributed by atoms with E-state index in [1.54, 1.807) is 6.92 Å². The maximum absolute atomic E-state index is 13.3. The van der Waals surface area contributed by atoms with Gasteiger partial charge in [0.25, 0.3) is 11.6 Å². The molecule has 0 spiro atoms. The molecule has 0 saturated heterocycles. The fraction of sp³-hybridized carbons (Fsp3) is 0.417. The summed E-state index contributed by atoms with van der Waals surface area (Å²) >= 11 is 0. The number of hydrogen-bond acceptors (Lipinski definition) is 5. The first-order valence-corrected chi connectivity index (χ1v) is 6.05. The van der Waals surface area contributed by atoms with Gasteiger partial charge in [0.2, 0.25) is 0 Å². The molecule has 0 aliphatic heterocycles. The van der Waals surface area contributed by atoms with Crippen LogP contribution in [-0.4, -0.2) is 28.6 Å². The Bertz CT molecular complexity index is 522. The van der Waals surface area contributed by atoms with Crippen LogP contribution in [0.25, 0.3) is 0 Å². The summed E-state index contributed by atoms with van der Waals surface area (Å²) < 4.78 is 13.3. The van der Waals surface area contributed by atoms with Crippen molar-refractivity contribution in [1.29, 1.82) is 0 Å². The Labute approximate surface area is 114 Å². The van der Waals surface area contributed by atoms with Crippen molar-refractivity contribution >= 4 is 17.3 Å². The van der Waals surface area contributed by atoms with Crippen molar-refractivity contribution < 1.29 is 19.2 Å². The number of nitrogens with one attached hydrogen (secondary N) is 1. The highest BCUT2D eigenvalue weighted by molar-refractivity contribution is 6.01. The first kappa shape index (κ1) is 15.8. The molecule has 1 amide bonds. The lowest BCUT2D eigenvalue weighted by Crippen LogP contribution is -2.35. The van der Waals surface area contributed by atoms with E-state index in [4.69, 9.17) is 10.8 Å². The Morgan fingerprint density at radius 2 is 2.25 bits per heavy atom. The topological polar surface area (TPSA) is 118 Å². The van der Waals surface area contributed by atoms with Gasteiger partial charge < -0.3 is 16.2 Å². The highest BCUT2D eigenvalue weighted by atomic mass is 19.1. The third-order valence-corrected chi connectivity index (χ3v) is 2.87. The molecule has 1 aromatic rings. The van der Waals surface area contributed by atoms with Crippen molar-refractivity contribution in [1.82, 2.24) is 5.32 Å². The van der Waals surface area contributed by atoms with Crippen LogP contribution in [0.1, 0.15) is 30.1 Å². The predicted octanol–water partition coefficient (Wildman–Crippen LogP) is 1.21. The molecule has 1 rings (SSSR count). The number of nitro benzene ring substituents is 1. The standard InChI is InChI=1S/C12H16FN3O4/c1-2-8(3-4-17)15-12(18)9-5-7(13)6-10(11(9)14)16(19)20/h5-6,8,17H,2-4,14H2,1H3,(H,15,18). The average molecular weight is 285 g/mol. The van der Waals surface area contributed by atoms with Gasteiger partial charge in [0.1, 0.15) is 11.5 Å². The van der Waals surface area contributed by atoms with Crippen LogP contribution >= 0.6 is 0 Å². The van der Waals surface area contributed by atoms with Crippen molar-refractivity contribution in [2.75, 3.05) is 12.3 Å². The molecule has 0 saturated carbocycles. The summed E-state index contributed by atoms with van der Waals surface area (Å²) in [6.07, 6.45) is 0.892. The number of rotatable bonds is 6. The number of amides is 1. The Balaban J connectivity index is 3.06. The molecule has 1 unspecified atom stereocenters. The Morgan fingerprint density at radius 3 is 2.75 bits per heavy atom. The molecule has 0 aliphatic carbocycles. The fourth-order valence-corrected chi connectivity index (χ4v) is 1.74. The van der Waals surface area contributed by atoms with Gasteiger partial charge >= 0.3 is 0 Å². The number of nitrogens with zero attached hydrogens (tertiary/aromatic N) is 1. The minimum Gasteiger partial charge on any atom is -0.396 e. The second kappa shape index (κ2) is 6.80. The first-order chi connectivity index (χ1) is 9.40. The summed E-state index contributed by atoms with van der Waals surface area (Å²) in [5.41, 5.74) is 4.21. The Morgan fingerprint density at radius 1 is 1.60 bits per heavy atom. The van der Waals surface area contributed by atoms with Crippen molar-refractivity contribution in [3.63, 3.8) is 0 Å². The third-order valence-electron chi connectivity index (χ3n) is 2.87. The van der Waals surface area contributed by atoms with E-state index in [1.165, 1.54) is 0 Å². The van der Waals surface area contributed by atoms with Crippen molar-refractivity contribution in [2.45, 2.75) is 25.8 Å². The second-order valence-corrected chi connectivity index (χ2v) is 4.23. The van der Waals surface area contributed by atoms with Gasteiger partial charge in [-0.1, -0.05) is 6.92 Å². The molecule has 0 bridgehead atoms. The summed E-state index contributed by atoms with van der Waals surface area (Å²) in [6.45, 7) is 1.69. The maximum atomic E-state index is 13.3. The zero-order valence-corrected chi connectivity index (χ0v) is 10.9. The molecule has 1 aromatic carbocycles. The van der Waals surface area contributed by atoms with Crippen molar-refractivity contribution in [2.24, 2.45) is 0 Å². The van der Waals surface area contributed by atoms with Crippen molar-refractivity contribution in [3.8, 4) is 0 Å². The molecular formula is C12H16FN3O4. The molecule has 0 radical (unpaired) electrons. The van der Waals surface area contributed by atoms with Gasteiger partial charge in [0, 0.05) is 12.6 Å². The van der Waals surface area contributed by atoms with Gasteiger partial charge in [-0.2, -0.15) is 0 Å². The maximum Gasteiger partial charge on any atom is 0.295 e. The number of anilines is 1. The number of carbonyl (C=O) groups excluding carboxylic acids is 1. The third kappa shape index (κ3) is 3.64. The van der Waals surface area contributed by atoms with Gasteiger partial charge in [-0.25, -0.2) is 4.39 Å². The SMILES string of the molecule is CCC(CCO)NC(=O)c1cc(F)cc([N+](=O)[O-])c1N. The summed E-state index contributed by atoms with van der Waals surface area (Å²) in [7, 11) is 0. The molecule has 7 nitrogen and oxygen atoms in total. The van der Waals surface area contributed by atoms with Gasteiger partial charge in [-0.3, -0.25) is 14.9 Å². The van der Waals surface area contributed by atoms with E-state index in [0.717, 1.165) is 6.07 Å². The Kier molecular flexibility index (Phi) is 5.39. The van der Waals surface area contributed by atoms with E-state index in [1.807, 2.05) is 0 Å². The van der Waals surface area contributed by atoms with Gasteiger partial charge in [-0.05, 0) is 18.9 Å². The molecule has 4 N–H and O–H groups in total. The van der Waals surface area contributed by atoms with E-state index in [2.05, 4.69) is 5.32 Å². The molecule has 110 valence electrons. The quantitative estimate of drug-likeness (QED) is 0.412. The lowest BCUT2D eigenvalue weighted by Gasteiger charge is -2.16. The van der Waals surface area contributed by atoms with Crippen LogP contribution in [0.4, 0.5) is 15.8 Å². The number of benzene rings is 1. The fourth-order valence-electron chi connectivity index (χ4n) is 1.74. The molecule has 0 aliphatic rings. The van der Waals surface area contributed by atoms with Gasteiger partial charge in [-0.15, -0.1) is 0 Å². The summed E-state index contributed by atoms with van der Waals surface area (Å²) in [5, 5.41) is 22.1. The Hall–Kier alpha value is -2.22. The van der Waals surface area contributed by atoms with Crippen LogP contribution in [0.15, 0.2) is 12.1 Å². The second-order valence-electron chi connectivity index (χ2n) is 4.23. The molecule has 20 heavy (non-hydrogen) atoms. The summed E-state index contributed by atoms with van der Waals surface area (Å²) in [4.78, 5) is 21.9. The summed E-state index contributed by atoms with van der Waals surface area (Å²) in [6, 6.07) is 1.20. The number of nitro groups is 1. The summed E-state index contributed by atoms with van der Waals surface area (Å²) in [5.74, 6) is -1.61. The first-order valence-electron chi connectivity index (χ1n) is 6.05. The number of aliphatic hydroxyl groups excluding tert-OH is 1. The van der Waals surface area contributed by atoms with Crippen LogP contribution in [0.5, 0.6) is 0 Å². The van der Waals surface area contributed by atoms with Crippen LogP contribution in [0, 0.1) is 15.9 Å². The number of carbonyl (C=O) groups is 1.